The molecule has 1 N–H and O–H groups in total. The second-order valence-corrected chi connectivity index (χ2v) is 8.29. The fraction of sp³-hybridized carbons (Fsp3) is 0.286. The SMILES string of the molecule is CCc1cccc(CC)c1N/N=C(\SCc1ccccc1)SCn1cncn1. The standard InChI is InChI=1S/C21H25N5S2/c1-3-18-11-8-12-19(4-2)20(18)24-25-21(28-16-26-15-22-14-23-26)27-13-17-9-6-5-7-10-17/h5-12,14-15,24H,3-4,13,16H2,1-2H3/b25-21+. The molecule has 0 amide bonds. The van der Waals surface area contributed by atoms with Crippen LogP contribution in [-0.2, 0) is 24.5 Å². The van der Waals surface area contributed by atoms with Gasteiger partial charge in [-0.3, -0.25) is 5.43 Å². The second kappa shape index (κ2) is 10.9. The molecule has 3 aromatic rings. The van der Waals surface area contributed by atoms with E-state index in [9.17, 15) is 0 Å². The summed E-state index contributed by atoms with van der Waals surface area (Å²) in [6.07, 6.45) is 5.23. The first-order valence-corrected chi connectivity index (χ1v) is 11.3. The summed E-state index contributed by atoms with van der Waals surface area (Å²) >= 11 is 3.39. The molecule has 0 radical (unpaired) electrons. The molecule has 3 rings (SSSR count). The van der Waals surface area contributed by atoms with Crippen molar-refractivity contribution in [2.45, 2.75) is 38.3 Å². The van der Waals surface area contributed by atoms with Gasteiger partial charge in [0.15, 0.2) is 4.38 Å². The summed E-state index contributed by atoms with van der Waals surface area (Å²) in [5.41, 5.74) is 8.34. The summed E-state index contributed by atoms with van der Waals surface area (Å²) in [5.74, 6) is 1.56. The maximum absolute atomic E-state index is 4.76. The number of anilines is 1. The van der Waals surface area contributed by atoms with Gasteiger partial charge in [0, 0.05) is 5.75 Å². The van der Waals surface area contributed by atoms with Crippen molar-refractivity contribution < 1.29 is 0 Å². The smallest absolute Gasteiger partial charge is 0.152 e. The number of nitrogens with zero attached hydrogens (tertiary/aromatic N) is 4. The molecular weight excluding hydrogens is 386 g/mol. The van der Waals surface area contributed by atoms with E-state index >= 15 is 0 Å². The van der Waals surface area contributed by atoms with E-state index in [0.717, 1.165) is 28.7 Å². The van der Waals surface area contributed by atoms with Crippen LogP contribution < -0.4 is 5.43 Å². The van der Waals surface area contributed by atoms with E-state index in [4.69, 9.17) is 5.10 Å². The van der Waals surface area contributed by atoms with E-state index < -0.39 is 0 Å². The molecule has 0 saturated carbocycles. The van der Waals surface area contributed by atoms with Crippen molar-refractivity contribution in [3.63, 3.8) is 0 Å². The fourth-order valence-electron chi connectivity index (χ4n) is 2.73. The topological polar surface area (TPSA) is 55.1 Å². The Bertz CT molecular complexity index is 857. The Kier molecular flexibility index (Phi) is 7.99. The molecule has 0 aliphatic heterocycles. The van der Waals surface area contributed by atoms with Gasteiger partial charge in [-0.15, -0.1) is 0 Å². The van der Waals surface area contributed by atoms with Crippen LogP contribution in [0.25, 0.3) is 0 Å². The first kappa shape index (κ1) is 20.5. The molecule has 0 aliphatic carbocycles. The summed E-state index contributed by atoms with van der Waals surface area (Å²) in [5, 5.41) is 8.94. The molecule has 1 aromatic heterocycles. The van der Waals surface area contributed by atoms with Gasteiger partial charge in [0.2, 0.25) is 0 Å². The Balaban J connectivity index is 1.75. The molecule has 5 nitrogen and oxygen atoms in total. The summed E-state index contributed by atoms with van der Waals surface area (Å²) in [4.78, 5) is 4.01. The average molecular weight is 412 g/mol. The number of hydrazone groups is 1. The monoisotopic (exact) mass is 411 g/mol. The molecule has 0 spiro atoms. The highest BCUT2D eigenvalue weighted by Crippen LogP contribution is 2.26. The molecule has 28 heavy (non-hydrogen) atoms. The van der Waals surface area contributed by atoms with E-state index in [0.29, 0.717) is 5.88 Å². The number of benzene rings is 2. The third kappa shape index (κ3) is 5.87. The lowest BCUT2D eigenvalue weighted by Gasteiger charge is -2.13. The zero-order chi connectivity index (χ0) is 19.6. The predicted molar refractivity (Wildman–Crippen MR) is 122 cm³/mol. The molecule has 0 bridgehead atoms. The summed E-state index contributed by atoms with van der Waals surface area (Å²) < 4.78 is 2.79. The second-order valence-electron chi connectivity index (χ2n) is 6.13. The van der Waals surface area contributed by atoms with Crippen LogP contribution >= 0.6 is 23.5 Å². The molecular formula is C21H25N5S2. The van der Waals surface area contributed by atoms with E-state index in [1.54, 1.807) is 40.9 Å². The minimum absolute atomic E-state index is 0.679. The number of para-hydroxylation sites is 1. The molecule has 0 atom stereocenters. The van der Waals surface area contributed by atoms with E-state index in [1.807, 2.05) is 6.07 Å². The van der Waals surface area contributed by atoms with Crippen molar-refractivity contribution in [2.75, 3.05) is 5.43 Å². The van der Waals surface area contributed by atoms with Crippen LogP contribution in [0.3, 0.4) is 0 Å². The molecule has 0 unspecified atom stereocenters. The molecule has 146 valence electrons. The zero-order valence-electron chi connectivity index (χ0n) is 16.2. The van der Waals surface area contributed by atoms with Gasteiger partial charge in [0.05, 0.1) is 11.6 Å². The molecule has 1 heterocycles. The van der Waals surface area contributed by atoms with Crippen LogP contribution in [0.4, 0.5) is 5.69 Å². The van der Waals surface area contributed by atoms with Crippen LogP contribution in [0, 0.1) is 0 Å². The van der Waals surface area contributed by atoms with Crippen molar-refractivity contribution in [1.29, 1.82) is 0 Å². The number of aromatic nitrogens is 3. The van der Waals surface area contributed by atoms with Gasteiger partial charge in [0.25, 0.3) is 0 Å². The van der Waals surface area contributed by atoms with Crippen LogP contribution in [0.15, 0.2) is 66.3 Å². The van der Waals surface area contributed by atoms with Crippen molar-refractivity contribution in [3.05, 3.63) is 77.9 Å². The van der Waals surface area contributed by atoms with Crippen molar-refractivity contribution >= 4 is 33.6 Å². The van der Waals surface area contributed by atoms with Gasteiger partial charge in [-0.05, 0) is 29.5 Å². The Hall–Kier alpha value is -2.25. The Morgan fingerprint density at radius 2 is 1.75 bits per heavy atom. The molecule has 2 aromatic carbocycles. The summed E-state index contributed by atoms with van der Waals surface area (Å²) in [6.45, 7) is 4.35. The van der Waals surface area contributed by atoms with Crippen LogP contribution in [-0.4, -0.2) is 19.1 Å². The lowest BCUT2D eigenvalue weighted by atomic mass is 10.0. The van der Waals surface area contributed by atoms with Gasteiger partial charge < -0.3 is 0 Å². The maximum Gasteiger partial charge on any atom is 0.152 e. The fourth-order valence-corrected chi connectivity index (χ4v) is 4.48. The average Bonchev–Trinajstić information content (AvgIpc) is 3.27. The van der Waals surface area contributed by atoms with Crippen molar-refractivity contribution in [1.82, 2.24) is 14.8 Å². The number of nitrogens with one attached hydrogen (secondary N) is 1. The summed E-state index contributed by atoms with van der Waals surface area (Å²) in [6, 6.07) is 16.9. The molecule has 0 fully saturated rings. The van der Waals surface area contributed by atoms with E-state index in [1.165, 1.54) is 16.7 Å². The van der Waals surface area contributed by atoms with Gasteiger partial charge in [-0.25, -0.2) is 9.67 Å². The quantitative estimate of drug-likeness (QED) is 0.305. The highest BCUT2D eigenvalue weighted by molar-refractivity contribution is 8.38. The first-order valence-electron chi connectivity index (χ1n) is 9.36. The number of hydrogen-bond donors (Lipinski definition) is 1. The van der Waals surface area contributed by atoms with Crippen molar-refractivity contribution in [3.8, 4) is 0 Å². The van der Waals surface area contributed by atoms with Crippen LogP contribution in [0.1, 0.15) is 30.5 Å². The minimum Gasteiger partial charge on any atom is -0.276 e. The number of aryl methyl sites for hydroxylation is 2. The first-order chi connectivity index (χ1) is 13.8. The van der Waals surface area contributed by atoms with Gasteiger partial charge in [0.1, 0.15) is 12.7 Å². The Morgan fingerprint density at radius 1 is 1.00 bits per heavy atom. The molecule has 0 aliphatic rings. The van der Waals surface area contributed by atoms with E-state index in [-0.39, 0.29) is 0 Å². The summed E-state index contributed by atoms with van der Waals surface area (Å²) in [7, 11) is 0. The Labute approximate surface area is 175 Å². The number of thioether (sulfide) groups is 2. The third-order valence-electron chi connectivity index (χ3n) is 4.25. The minimum atomic E-state index is 0.679. The highest BCUT2D eigenvalue weighted by atomic mass is 32.2. The van der Waals surface area contributed by atoms with Gasteiger partial charge in [-0.2, -0.15) is 10.2 Å². The third-order valence-corrected chi connectivity index (χ3v) is 6.50. The van der Waals surface area contributed by atoms with Crippen LogP contribution in [0.5, 0.6) is 0 Å². The normalized spacial score (nSPS) is 11.6. The maximum atomic E-state index is 4.76. The van der Waals surface area contributed by atoms with Crippen molar-refractivity contribution in [2.24, 2.45) is 5.10 Å². The molecule has 7 heteroatoms. The molecule has 0 saturated heterocycles. The lowest BCUT2D eigenvalue weighted by molar-refractivity contribution is 0.751. The number of hydrogen-bond acceptors (Lipinski definition) is 6. The predicted octanol–water partition coefficient (Wildman–Crippen LogP) is 5.41. The van der Waals surface area contributed by atoms with Crippen LogP contribution in [0.2, 0.25) is 0 Å². The lowest BCUT2D eigenvalue weighted by Crippen LogP contribution is -2.03. The van der Waals surface area contributed by atoms with Gasteiger partial charge in [-0.1, -0.05) is 85.9 Å². The largest absolute Gasteiger partial charge is 0.276 e. The highest BCUT2D eigenvalue weighted by Gasteiger charge is 2.08. The zero-order valence-corrected chi connectivity index (χ0v) is 17.8. The van der Waals surface area contributed by atoms with E-state index in [2.05, 4.69) is 71.8 Å². The van der Waals surface area contributed by atoms with Gasteiger partial charge >= 0.3 is 0 Å². The number of rotatable bonds is 8. The Morgan fingerprint density at radius 3 is 2.39 bits per heavy atom.